The molecule has 1 N–H and O–H groups in total. The van der Waals surface area contributed by atoms with Gasteiger partial charge >= 0.3 is 0 Å². The molecule has 2 heteroatoms. The zero-order valence-electron chi connectivity index (χ0n) is 6.38. The van der Waals surface area contributed by atoms with Crippen LogP contribution in [0.1, 0.15) is 12.0 Å². The SMILES string of the molecule is c1cc([C]2CCNC2)ccn1. The summed E-state index contributed by atoms with van der Waals surface area (Å²) in [6.07, 6.45) is 4.88. The van der Waals surface area contributed by atoms with E-state index in [1.165, 1.54) is 17.9 Å². The van der Waals surface area contributed by atoms with E-state index < -0.39 is 0 Å². The molecule has 0 amide bonds. The number of hydrogen-bond donors (Lipinski definition) is 1. The fourth-order valence-electron chi connectivity index (χ4n) is 1.40. The van der Waals surface area contributed by atoms with Gasteiger partial charge in [0.05, 0.1) is 0 Å². The molecule has 0 spiro atoms. The molecule has 1 aliphatic heterocycles. The first-order chi connectivity index (χ1) is 5.47. The maximum atomic E-state index is 3.98. The average molecular weight is 147 g/mol. The summed E-state index contributed by atoms with van der Waals surface area (Å²) in [5, 5.41) is 3.31. The van der Waals surface area contributed by atoms with Crippen molar-refractivity contribution in [1.82, 2.24) is 10.3 Å². The zero-order chi connectivity index (χ0) is 7.52. The first kappa shape index (κ1) is 6.80. The Kier molecular flexibility index (Phi) is 1.86. The van der Waals surface area contributed by atoms with Crippen LogP contribution >= 0.6 is 0 Å². The van der Waals surface area contributed by atoms with Gasteiger partial charge in [0.2, 0.25) is 0 Å². The quantitative estimate of drug-likeness (QED) is 0.641. The van der Waals surface area contributed by atoms with Crippen molar-refractivity contribution in [2.75, 3.05) is 13.1 Å². The second-order valence-electron chi connectivity index (χ2n) is 2.77. The average Bonchev–Trinajstić information content (AvgIpc) is 2.58. The van der Waals surface area contributed by atoms with Crippen LogP contribution in [0, 0.1) is 5.92 Å². The van der Waals surface area contributed by atoms with Gasteiger partial charge < -0.3 is 5.32 Å². The van der Waals surface area contributed by atoms with Crippen LogP contribution in [0.2, 0.25) is 0 Å². The van der Waals surface area contributed by atoms with E-state index in [4.69, 9.17) is 0 Å². The molecule has 1 aliphatic rings. The number of pyridine rings is 1. The van der Waals surface area contributed by atoms with Crippen molar-refractivity contribution in [2.24, 2.45) is 0 Å². The third-order valence-electron chi connectivity index (χ3n) is 2.03. The summed E-state index contributed by atoms with van der Waals surface area (Å²) >= 11 is 0. The lowest BCUT2D eigenvalue weighted by Crippen LogP contribution is -2.08. The first-order valence-corrected chi connectivity index (χ1v) is 3.92. The molecule has 1 aromatic rings. The van der Waals surface area contributed by atoms with Crippen LogP contribution in [-0.4, -0.2) is 18.1 Å². The standard InChI is InChI=1S/C9H11N2/c1-4-10-5-2-8(1)9-3-6-11-7-9/h1-2,4-5,11H,3,6-7H2. The minimum atomic E-state index is 1.05. The van der Waals surface area contributed by atoms with Gasteiger partial charge in [-0.05, 0) is 30.7 Å². The molecular formula is C9H11N2. The molecule has 2 heterocycles. The van der Waals surface area contributed by atoms with Crippen LogP contribution in [0.4, 0.5) is 0 Å². The van der Waals surface area contributed by atoms with Crippen molar-refractivity contribution >= 4 is 0 Å². The van der Waals surface area contributed by atoms with Gasteiger partial charge in [-0.3, -0.25) is 4.98 Å². The molecule has 2 nitrogen and oxygen atoms in total. The first-order valence-electron chi connectivity index (χ1n) is 3.92. The molecule has 1 radical (unpaired) electrons. The Bertz CT molecular complexity index is 214. The van der Waals surface area contributed by atoms with E-state index >= 15 is 0 Å². The molecule has 0 unspecified atom stereocenters. The highest BCUT2D eigenvalue weighted by atomic mass is 14.9. The van der Waals surface area contributed by atoms with Crippen LogP contribution in [0.15, 0.2) is 24.5 Å². The second-order valence-corrected chi connectivity index (χ2v) is 2.77. The lowest BCUT2D eigenvalue weighted by molar-refractivity contribution is 0.860. The summed E-state index contributed by atoms with van der Waals surface area (Å²) in [7, 11) is 0. The molecule has 2 rings (SSSR count). The van der Waals surface area contributed by atoms with Crippen LogP contribution < -0.4 is 5.32 Å². The molecule has 1 saturated heterocycles. The van der Waals surface area contributed by atoms with Gasteiger partial charge in [-0.15, -0.1) is 0 Å². The molecule has 57 valence electrons. The maximum absolute atomic E-state index is 3.98. The van der Waals surface area contributed by atoms with Crippen LogP contribution in [0.5, 0.6) is 0 Å². The van der Waals surface area contributed by atoms with Crippen LogP contribution in [0.3, 0.4) is 0 Å². The van der Waals surface area contributed by atoms with Crippen molar-refractivity contribution < 1.29 is 0 Å². The maximum Gasteiger partial charge on any atom is 0.0270 e. The van der Waals surface area contributed by atoms with Gasteiger partial charge in [-0.25, -0.2) is 0 Å². The molecule has 0 aliphatic carbocycles. The van der Waals surface area contributed by atoms with Crippen molar-refractivity contribution in [2.45, 2.75) is 6.42 Å². The molecule has 1 aromatic heterocycles. The summed E-state index contributed by atoms with van der Waals surface area (Å²) in [6, 6.07) is 4.14. The van der Waals surface area contributed by atoms with E-state index in [-0.39, 0.29) is 0 Å². The van der Waals surface area contributed by atoms with Crippen LogP contribution in [0.25, 0.3) is 0 Å². The van der Waals surface area contributed by atoms with Crippen molar-refractivity contribution in [3.05, 3.63) is 36.0 Å². The predicted octanol–water partition coefficient (Wildman–Crippen LogP) is 0.997. The van der Waals surface area contributed by atoms with E-state index in [0.29, 0.717) is 0 Å². The molecular weight excluding hydrogens is 136 g/mol. The van der Waals surface area contributed by atoms with E-state index in [1.807, 2.05) is 12.4 Å². The van der Waals surface area contributed by atoms with Gasteiger partial charge in [-0.1, -0.05) is 0 Å². The topological polar surface area (TPSA) is 24.9 Å². The summed E-state index contributed by atoms with van der Waals surface area (Å²) in [5.41, 5.74) is 1.34. The Morgan fingerprint density at radius 2 is 2.09 bits per heavy atom. The summed E-state index contributed by atoms with van der Waals surface area (Å²) < 4.78 is 0. The third-order valence-corrected chi connectivity index (χ3v) is 2.03. The predicted molar refractivity (Wildman–Crippen MR) is 44.1 cm³/mol. The highest BCUT2D eigenvalue weighted by Gasteiger charge is 2.16. The minimum absolute atomic E-state index is 1.05. The highest BCUT2D eigenvalue weighted by molar-refractivity contribution is 5.30. The summed E-state index contributed by atoms with van der Waals surface area (Å²) in [4.78, 5) is 3.98. The second kappa shape index (κ2) is 3.01. The smallest absolute Gasteiger partial charge is 0.0270 e. The van der Waals surface area contributed by atoms with E-state index in [1.54, 1.807) is 0 Å². The monoisotopic (exact) mass is 147 g/mol. The third kappa shape index (κ3) is 1.40. The summed E-state index contributed by atoms with van der Waals surface area (Å²) in [6.45, 7) is 2.17. The van der Waals surface area contributed by atoms with Gasteiger partial charge in [0.1, 0.15) is 0 Å². The Morgan fingerprint density at radius 3 is 2.73 bits per heavy atom. The molecule has 1 fully saturated rings. The van der Waals surface area contributed by atoms with E-state index in [0.717, 1.165) is 13.1 Å². The fourth-order valence-corrected chi connectivity index (χ4v) is 1.40. The largest absolute Gasteiger partial charge is 0.316 e. The Labute approximate surface area is 66.7 Å². The molecule has 11 heavy (non-hydrogen) atoms. The van der Waals surface area contributed by atoms with Gasteiger partial charge in [-0.2, -0.15) is 0 Å². The van der Waals surface area contributed by atoms with Gasteiger partial charge in [0, 0.05) is 24.9 Å². The minimum Gasteiger partial charge on any atom is -0.316 e. The molecule has 0 aromatic carbocycles. The highest BCUT2D eigenvalue weighted by Crippen LogP contribution is 2.19. The van der Waals surface area contributed by atoms with Crippen molar-refractivity contribution in [3.8, 4) is 0 Å². The lowest BCUT2D eigenvalue weighted by atomic mass is 10.0. The van der Waals surface area contributed by atoms with Crippen LogP contribution in [-0.2, 0) is 0 Å². The van der Waals surface area contributed by atoms with E-state index in [2.05, 4.69) is 22.4 Å². The number of rotatable bonds is 1. The number of nitrogens with one attached hydrogen (secondary N) is 1. The zero-order valence-corrected chi connectivity index (χ0v) is 6.38. The summed E-state index contributed by atoms with van der Waals surface area (Å²) in [5.74, 6) is 1.51. The van der Waals surface area contributed by atoms with E-state index in [9.17, 15) is 0 Å². The number of hydrogen-bond acceptors (Lipinski definition) is 2. The number of nitrogens with zero attached hydrogens (tertiary/aromatic N) is 1. The van der Waals surface area contributed by atoms with Crippen molar-refractivity contribution in [1.29, 1.82) is 0 Å². The fraction of sp³-hybridized carbons (Fsp3) is 0.333. The van der Waals surface area contributed by atoms with Crippen molar-refractivity contribution in [3.63, 3.8) is 0 Å². The number of aromatic nitrogens is 1. The normalized spacial score (nSPS) is 18.9. The molecule has 0 bridgehead atoms. The van der Waals surface area contributed by atoms with Gasteiger partial charge in [0.15, 0.2) is 0 Å². The Balaban J connectivity index is 2.16. The molecule has 0 atom stereocenters. The Morgan fingerprint density at radius 1 is 1.27 bits per heavy atom. The molecule has 0 saturated carbocycles. The van der Waals surface area contributed by atoms with Gasteiger partial charge in [0.25, 0.3) is 0 Å². The Hall–Kier alpha value is -0.890. The lowest BCUT2D eigenvalue weighted by Gasteiger charge is -2.05.